The number of hydrogen-bond donors (Lipinski definition) is 2. The Bertz CT molecular complexity index is 425. The maximum absolute atomic E-state index is 11.7. The first-order valence-electron chi connectivity index (χ1n) is 7.28. The molecule has 6 heteroatoms. The summed E-state index contributed by atoms with van der Waals surface area (Å²) in [5.41, 5.74) is 5.73. The summed E-state index contributed by atoms with van der Waals surface area (Å²) in [5.74, 6) is -0.490. The second-order valence-electron chi connectivity index (χ2n) is 6.14. The van der Waals surface area contributed by atoms with Crippen LogP contribution in [0.2, 0.25) is 0 Å². The monoisotopic (exact) mass is 295 g/mol. The lowest BCUT2D eigenvalue weighted by atomic mass is 9.77. The third kappa shape index (κ3) is 4.97. The number of rotatable bonds is 8. The number of carbonyl (C=O) groups excluding carboxylic acids is 3. The minimum Gasteiger partial charge on any atom is -0.356 e. The van der Waals surface area contributed by atoms with Gasteiger partial charge in [0, 0.05) is 31.7 Å². The molecule has 0 unspecified atom stereocenters. The molecule has 1 atom stereocenters. The fourth-order valence-electron chi connectivity index (χ4n) is 2.04. The van der Waals surface area contributed by atoms with Crippen LogP contribution in [0.4, 0.5) is 0 Å². The highest BCUT2D eigenvalue weighted by atomic mass is 16.2. The maximum atomic E-state index is 11.7. The third-order valence-corrected chi connectivity index (χ3v) is 4.24. The molecule has 3 amide bonds. The Morgan fingerprint density at radius 1 is 1.33 bits per heavy atom. The van der Waals surface area contributed by atoms with Crippen molar-refractivity contribution in [1.29, 1.82) is 0 Å². The Hall–Kier alpha value is -1.69. The van der Waals surface area contributed by atoms with E-state index in [0.717, 1.165) is 11.3 Å². The van der Waals surface area contributed by atoms with Gasteiger partial charge in [0.1, 0.15) is 0 Å². The van der Waals surface area contributed by atoms with Gasteiger partial charge in [-0.1, -0.05) is 20.8 Å². The Morgan fingerprint density at radius 3 is 2.43 bits per heavy atom. The summed E-state index contributed by atoms with van der Waals surface area (Å²) >= 11 is 0. The highest BCUT2D eigenvalue weighted by molar-refractivity contribution is 6.13. The Kier molecular flexibility index (Phi) is 6.08. The molecule has 1 aliphatic heterocycles. The summed E-state index contributed by atoms with van der Waals surface area (Å²) in [6, 6.07) is 0. The predicted molar refractivity (Wildman–Crippen MR) is 80.1 cm³/mol. The summed E-state index contributed by atoms with van der Waals surface area (Å²) in [7, 11) is 0. The van der Waals surface area contributed by atoms with E-state index in [1.807, 2.05) is 0 Å². The molecule has 0 saturated carbocycles. The molecule has 0 bridgehead atoms. The first kappa shape index (κ1) is 17.4. The van der Waals surface area contributed by atoms with Gasteiger partial charge in [-0.3, -0.25) is 19.3 Å². The summed E-state index contributed by atoms with van der Waals surface area (Å²) in [6.07, 6.45) is 3.40. The van der Waals surface area contributed by atoms with Crippen molar-refractivity contribution in [3.05, 3.63) is 12.2 Å². The van der Waals surface area contributed by atoms with Gasteiger partial charge in [-0.2, -0.15) is 0 Å². The molecule has 0 saturated heterocycles. The van der Waals surface area contributed by atoms with Gasteiger partial charge in [0.05, 0.1) is 0 Å². The molecule has 1 aliphatic rings. The van der Waals surface area contributed by atoms with Gasteiger partial charge in [-0.15, -0.1) is 0 Å². The Labute approximate surface area is 125 Å². The van der Waals surface area contributed by atoms with E-state index in [4.69, 9.17) is 5.73 Å². The summed E-state index contributed by atoms with van der Waals surface area (Å²) in [6.45, 7) is 7.66. The maximum Gasteiger partial charge on any atom is 0.253 e. The summed E-state index contributed by atoms with van der Waals surface area (Å²) in [4.78, 5) is 35.5. The topological polar surface area (TPSA) is 92.5 Å². The molecule has 1 rings (SSSR count). The number of nitrogens with two attached hydrogens (primary N) is 1. The molecule has 0 spiro atoms. The van der Waals surface area contributed by atoms with Crippen molar-refractivity contribution in [3.8, 4) is 0 Å². The van der Waals surface area contributed by atoms with Crippen LogP contribution in [0.3, 0.4) is 0 Å². The van der Waals surface area contributed by atoms with Gasteiger partial charge in [0.2, 0.25) is 5.91 Å². The molecule has 0 aliphatic carbocycles. The summed E-state index contributed by atoms with van der Waals surface area (Å²) < 4.78 is 0. The minimum atomic E-state index is -0.356. The molecule has 118 valence electrons. The molecular weight excluding hydrogens is 270 g/mol. The van der Waals surface area contributed by atoms with Crippen molar-refractivity contribution in [1.82, 2.24) is 10.2 Å². The van der Waals surface area contributed by atoms with Crippen LogP contribution >= 0.6 is 0 Å². The van der Waals surface area contributed by atoms with Crippen molar-refractivity contribution in [2.24, 2.45) is 17.1 Å². The van der Waals surface area contributed by atoms with Gasteiger partial charge < -0.3 is 11.1 Å². The van der Waals surface area contributed by atoms with Crippen LogP contribution in [-0.4, -0.2) is 42.3 Å². The SMILES string of the molecule is C[C@H](CN)C(C)(C)CCNC(=O)CCN1C(=O)C=CC1=O. The smallest absolute Gasteiger partial charge is 0.253 e. The lowest BCUT2D eigenvalue weighted by Crippen LogP contribution is -2.36. The number of hydrogen-bond acceptors (Lipinski definition) is 4. The van der Waals surface area contributed by atoms with E-state index in [0.29, 0.717) is 19.0 Å². The lowest BCUT2D eigenvalue weighted by Gasteiger charge is -2.31. The van der Waals surface area contributed by atoms with E-state index < -0.39 is 0 Å². The molecule has 3 N–H and O–H groups in total. The van der Waals surface area contributed by atoms with Crippen LogP contribution in [0, 0.1) is 11.3 Å². The normalized spacial score (nSPS) is 16.5. The van der Waals surface area contributed by atoms with Gasteiger partial charge >= 0.3 is 0 Å². The molecule has 21 heavy (non-hydrogen) atoms. The van der Waals surface area contributed by atoms with Crippen molar-refractivity contribution < 1.29 is 14.4 Å². The molecule has 1 heterocycles. The number of nitrogens with one attached hydrogen (secondary N) is 1. The van der Waals surface area contributed by atoms with Crippen LogP contribution in [0.5, 0.6) is 0 Å². The van der Waals surface area contributed by atoms with E-state index in [9.17, 15) is 14.4 Å². The zero-order valence-electron chi connectivity index (χ0n) is 13.0. The zero-order valence-corrected chi connectivity index (χ0v) is 13.0. The third-order valence-electron chi connectivity index (χ3n) is 4.24. The van der Waals surface area contributed by atoms with Crippen molar-refractivity contribution >= 4 is 17.7 Å². The van der Waals surface area contributed by atoms with E-state index in [-0.39, 0.29) is 36.1 Å². The molecule has 0 radical (unpaired) electrons. The van der Waals surface area contributed by atoms with E-state index in [2.05, 4.69) is 26.1 Å². The van der Waals surface area contributed by atoms with Crippen LogP contribution in [-0.2, 0) is 14.4 Å². The standard InChI is InChI=1S/C15H25N3O3/c1-11(10-16)15(2,3)7-8-17-12(19)6-9-18-13(20)4-5-14(18)21/h4-5,11H,6-10,16H2,1-3H3,(H,17,19)/t11-/m1/s1. The number of carbonyl (C=O) groups is 3. The first-order valence-corrected chi connectivity index (χ1v) is 7.28. The van der Waals surface area contributed by atoms with Gasteiger partial charge in [0.15, 0.2) is 0 Å². The van der Waals surface area contributed by atoms with Crippen molar-refractivity contribution in [2.45, 2.75) is 33.6 Å². The molecule has 0 aromatic carbocycles. The van der Waals surface area contributed by atoms with Crippen molar-refractivity contribution in [3.63, 3.8) is 0 Å². The number of amides is 3. The molecule has 0 aromatic heterocycles. The van der Waals surface area contributed by atoms with Crippen LogP contribution < -0.4 is 11.1 Å². The molecule has 6 nitrogen and oxygen atoms in total. The number of imide groups is 1. The first-order chi connectivity index (χ1) is 9.77. The molecule has 0 aromatic rings. The number of nitrogens with zero attached hydrogens (tertiary/aromatic N) is 1. The molecular formula is C15H25N3O3. The Balaban J connectivity index is 2.26. The van der Waals surface area contributed by atoms with Crippen LogP contribution in [0.15, 0.2) is 12.2 Å². The summed E-state index contributed by atoms with van der Waals surface area (Å²) in [5, 5.41) is 2.82. The highest BCUT2D eigenvalue weighted by Crippen LogP contribution is 2.29. The lowest BCUT2D eigenvalue weighted by molar-refractivity contribution is -0.137. The van der Waals surface area contributed by atoms with Crippen LogP contribution in [0.1, 0.15) is 33.6 Å². The quantitative estimate of drug-likeness (QED) is 0.635. The minimum absolute atomic E-state index is 0.0623. The Morgan fingerprint density at radius 2 is 1.90 bits per heavy atom. The van der Waals surface area contributed by atoms with E-state index in [1.165, 1.54) is 12.2 Å². The largest absolute Gasteiger partial charge is 0.356 e. The average Bonchev–Trinajstić information content (AvgIpc) is 2.74. The second-order valence-corrected chi connectivity index (χ2v) is 6.14. The fraction of sp³-hybridized carbons (Fsp3) is 0.667. The van der Waals surface area contributed by atoms with Crippen LogP contribution in [0.25, 0.3) is 0 Å². The van der Waals surface area contributed by atoms with Gasteiger partial charge in [-0.25, -0.2) is 0 Å². The fourth-order valence-corrected chi connectivity index (χ4v) is 2.04. The average molecular weight is 295 g/mol. The van der Waals surface area contributed by atoms with Crippen molar-refractivity contribution in [2.75, 3.05) is 19.6 Å². The van der Waals surface area contributed by atoms with Gasteiger partial charge in [0.25, 0.3) is 11.8 Å². The zero-order chi connectivity index (χ0) is 16.0. The van der Waals surface area contributed by atoms with E-state index >= 15 is 0 Å². The highest BCUT2D eigenvalue weighted by Gasteiger charge is 2.25. The van der Waals surface area contributed by atoms with Gasteiger partial charge in [-0.05, 0) is 24.3 Å². The molecule has 0 fully saturated rings. The van der Waals surface area contributed by atoms with E-state index in [1.54, 1.807) is 0 Å². The second kappa shape index (κ2) is 7.36. The predicted octanol–water partition coefficient (Wildman–Crippen LogP) is 0.429.